The molecule has 3 rings (SSSR count). The number of amides is 1. The third-order valence-corrected chi connectivity index (χ3v) is 6.18. The van der Waals surface area contributed by atoms with Crippen LogP contribution in [0, 0.1) is 5.82 Å². The van der Waals surface area contributed by atoms with Crippen LogP contribution in [0.4, 0.5) is 9.39 Å². The maximum atomic E-state index is 13.3. The maximum Gasteiger partial charge on any atom is 0.341 e. The summed E-state index contributed by atoms with van der Waals surface area (Å²) >= 11 is 4.67. The molecule has 1 aromatic heterocycles. The number of benzene rings is 2. The predicted octanol–water partition coefficient (Wildman–Crippen LogP) is 6.63. The minimum Gasteiger partial charge on any atom is -0.483 e. The fourth-order valence-electron chi connectivity index (χ4n) is 3.00. The Bertz CT molecular complexity index is 1110. The van der Waals surface area contributed by atoms with Gasteiger partial charge in [0.25, 0.3) is 5.91 Å². The van der Waals surface area contributed by atoms with E-state index in [1.165, 1.54) is 23.5 Å². The molecular formula is C24H23BrFNO4S. The van der Waals surface area contributed by atoms with E-state index in [4.69, 9.17) is 9.47 Å². The Kier molecular flexibility index (Phi) is 8.04. The summed E-state index contributed by atoms with van der Waals surface area (Å²) in [7, 11) is 0. The van der Waals surface area contributed by atoms with Crippen molar-refractivity contribution in [2.24, 2.45) is 0 Å². The first-order chi connectivity index (χ1) is 15.3. The van der Waals surface area contributed by atoms with Gasteiger partial charge in [0, 0.05) is 10.9 Å². The molecule has 0 saturated carbocycles. The summed E-state index contributed by atoms with van der Waals surface area (Å²) in [5.41, 5.74) is 2.60. The second-order valence-electron chi connectivity index (χ2n) is 7.26. The van der Waals surface area contributed by atoms with Gasteiger partial charge < -0.3 is 14.8 Å². The van der Waals surface area contributed by atoms with Gasteiger partial charge in [0.05, 0.1) is 11.1 Å². The van der Waals surface area contributed by atoms with Crippen LogP contribution in [0.15, 0.2) is 52.3 Å². The van der Waals surface area contributed by atoms with Crippen LogP contribution in [-0.2, 0) is 9.53 Å². The van der Waals surface area contributed by atoms with E-state index in [0.717, 1.165) is 10.0 Å². The number of halogens is 2. The minimum absolute atomic E-state index is 0.189. The van der Waals surface area contributed by atoms with Crippen molar-refractivity contribution in [3.8, 4) is 16.9 Å². The predicted molar refractivity (Wildman–Crippen MR) is 128 cm³/mol. The highest BCUT2D eigenvalue weighted by Crippen LogP contribution is 2.36. The SMILES string of the molecule is CCOC(=O)c1c(-c2ccc(F)cc2)csc1NC(=O)COc1ccc(C(C)C)cc1Br. The zero-order valence-corrected chi connectivity index (χ0v) is 20.3. The number of ether oxygens (including phenoxy) is 2. The summed E-state index contributed by atoms with van der Waals surface area (Å²) in [5.74, 6) is -0.424. The van der Waals surface area contributed by atoms with Crippen molar-refractivity contribution in [2.45, 2.75) is 26.7 Å². The Morgan fingerprint density at radius 3 is 2.50 bits per heavy atom. The maximum absolute atomic E-state index is 13.3. The molecule has 1 heterocycles. The van der Waals surface area contributed by atoms with Crippen LogP contribution < -0.4 is 10.1 Å². The van der Waals surface area contributed by atoms with E-state index in [2.05, 4.69) is 35.1 Å². The number of thiophene rings is 1. The van der Waals surface area contributed by atoms with Gasteiger partial charge in [-0.15, -0.1) is 11.3 Å². The fraction of sp³-hybridized carbons (Fsp3) is 0.250. The number of anilines is 1. The molecule has 0 saturated heterocycles. The Morgan fingerprint density at radius 1 is 1.16 bits per heavy atom. The van der Waals surface area contributed by atoms with E-state index < -0.39 is 11.9 Å². The lowest BCUT2D eigenvalue weighted by atomic mass is 10.0. The zero-order valence-electron chi connectivity index (χ0n) is 17.9. The van der Waals surface area contributed by atoms with E-state index in [0.29, 0.717) is 27.8 Å². The summed E-state index contributed by atoms with van der Waals surface area (Å²) < 4.78 is 24.9. The molecule has 168 valence electrons. The number of carbonyl (C=O) groups is 2. The molecule has 0 spiro atoms. The first-order valence-electron chi connectivity index (χ1n) is 10.1. The van der Waals surface area contributed by atoms with Gasteiger partial charge in [-0.2, -0.15) is 0 Å². The van der Waals surface area contributed by atoms with Crippen molar-refractivity contribution < 1.29 is 23.5 Å². The standard InChI is InChI=1S/C24H23BrFNO4S/c1-4-30-24(29)22-18(15-5-8-17(26)9-6-15)13-32-23(22)27-21(28)12-31-20-10-7-16(14(2)3)11-19(20)25/h5-11,13-14H,4,12H2,1-3H3,(H,27,28). The van der Waals surface area contributed by atoms with E-state index in [9.17, 15) is 14.0 Å². The Morgan fingerprint density at radius 2 is 1.88 bits per heavy atom. The molecule has 0 atom stereocenters. The minimum atomic E-state index is -0.559. The Hall–Kier alpha value is -2.71. The van der Waals surface area contributed by atoms with Gasteiger partial charge in [-0.3, -0.25) is 4.79 Å². The number of esters is 1. The van der Waals surface area contributed by atoms with Crippen molar-refractivity contribution >= 4 is 44.1 Å². The van der Waals surface area contributed by atoms with Crippen LogP contribution in [-0.4, -0.2) is 25.1 Å². The first-order valence-corrected chi connectivity index (χ1v) is 11.7. The van der Waals surface area contributed by atoms with E-state index in [-0.39, 0.29) is 24.6 Å². The van der Waals surface area contributed by atoms with Gasteiger partial charge in [-0.1, -0.05) is 32.0 Å². The lowest BCUT2D eigenvalue weighted by molar-refractivity contribution is -0.118. The lowest BCUT2D eigenvalue weighted by Crippen LogP contribution is -2.21. The largest absolute Gasteiger partial charge is 0.483 e. The molecule has 0 aliphatic heterocycles. The molecule has 0 radical (unpaired) electrons. The van der Waals surface area contributed by atoms with Gasteiger partial charge in [-0.25, -0.2) is 9.18 Å². The number of hydrogen-bond acceptors (Lipinski definition) is 5. The van der Waals surface area contributed by atoms with Crippen molar-refractivity contribution in [3.63, 3.8) is 0 Å². The lowest BCUT2D eigenvalue weighted by Gasteiger charge is -2.12. The van der Waals surface area contributed by atoms with Crippen LogP contribution in [0.25, 0.3) is 11.1 Å². The van der Waals surface area contributed by atoms with E-state index >= 15 is 0 Å². The molecule has 1 N–H and O–H groups in total. The summed E-state index contributed by atoms with van der Waals surface area (Å²) in [4.78, 5) is 25.2. The monoisotopic (exact) mass is 519 g/mol. The van der Waals surface area contributed by atoms with Crippen LogP contribution in [0.1, 0.15) is 42.6 Å². The van der Waals surface area contributed by atoms with E-state index in [1.807, 2.05) is 18.2 Å². The van der Waals surface area contributed by atoms with Gasteiger partial charge in [0.1, 0.15) is 22.1 Å². The van der Waals surface area contributed by atoms with Crippen molar-refractivity contribution in [3.05, 3.63) is 69.3 Å². The second kappa shape index (κ2) is 10.7. The molecule has 0 aliphatic carbocycles. The third kappa shape index (κ3) is 5.75. The normalized spacial score (nSPS) is 10.8. The molecule has 3 aromatic rings. The molecule has 32 heavy (non-hydrogen) atoms. The summed E-state index contributed by atoms with van der Waals surface area (Å²) in [6.07, 6.45) is 0. The fourth-order valence-corrected chi connectivity index (χ4v) is 4.48. The van der Waals surface area contributed by atoms with Crippen molar-refractivity contribution in [2.75, 3.05) is 18.5 Å². The molecule has 8 heteroatoms. The molecular weight excluding hydrogens is 497 g/mol. The summed E-state index contributed by atoms with van der Waals surface area (Å²) in [6, 6.07) is 11.5. The molecule has 0 aliphatic rings. The van der Waals surface area contributed by atoms with Gasteiger partial charge in [0.15, 0.2) is 6.61 Å². The highest BCUT2D eigenvalue weighted by molar-refractivity contribution is 9.10. The number of carbonyl (C=O) groups excluding carboxylic acids is 2. The summed E-state index contributed by atoms with van der Waals surface area (Å²) in [6.45, 7) is 5.85. The average Bonchev–Trinajstić information content (AvgIpc) is 3.17. The highest BCUT2D eigenvalue weighted by atomic mass is 79.9. The number of hydrogen-bond donors (Lipinski definition) is 1. The average molecular weight is 520 g/mol. The Labute approximate surface area is 198 Å². The van der Waals surface area contributed by atoms with Gasteiger partial charge in [-0.05, 0) is 64.2 Å². The Balaban J connectivity index is 1.77. The second-order valence-corrected chi connectivity index (χ2v) is 9.00. The molecule has 2 aromatic carbocycles. The highest BCUT2D eigenvalue weighted by Gasteiger charge is 2.23. The topological polar surface area (TPSA) is 64.6 Å². The molecule has 5 nitrogen and oxygen atoms in total. The van der Waals surface area contributed by atoms with Gasteiger partial charge >= 0.3 is 5.97 Å². The third-order valence-electron chi connectivity index (χ3n) is 4.66. The summed E-state index contributed by atoms with van der Waals surface area (Å²) in [5, 5.41) is 4.82. The van der Waals surface area contributed by atoms with Crippen LogP contribution in [0.5, 0.6) is 5.75 Å². The van der Waals surface area contributed by atoms with Crippen molar-refractivity contribution in [1.82, 2.24) is 0 Å². The van der Waals surface area contributed by atoms with E-state index in [1.54, 1.807) is 24.4 Å². The zero-order chi connectivity index (χ0) is 23.3. The first kappa shape index (κ1) is 23.9. The molecule has 0 bridgehead atoms. The van der Waals surface area contributed by atoms with Crippen molar-refractivity contribution in [1.29, 1.82) is 0 Å². The van der Waals surface area contributed by atoms with Crippen LogP contribution >= 0.6 is 27.3 Å². The smallest absolute Gasteiger partial charge is 0.341 e. The van der Waals surface area contributed by atoms with Gasteiger partial charge in [0.2, 0.25) is 0 Å². The van der Waals surface area contributed by atoms with Crippen LogP contribution in [0.3, 0.4) is 0 Å². The quantitative estimate of drug-likeness (QED) is 0.339. The molecule has 0 unspecified atom stereocenters. The number of nitrogens with one attached hydrogen (secondary N) is 1. The van der Waals surface area contributed by atoms with Crippen LogP contribution in [0.2, 0.25) is 0 Å². The number of rotatable bonds is 8. The molecule has 1 amide bonds. The molecule has 0 fully saturated rings.